The molecule has 0 radical (unpaired) electrons. The van der Waals surface area contributed by atoms with Crippen molar-refractivity contribution in [2.24, 2.45) is 0 Å². The Labute approximate surface area is 202 Å². The van der Waals surface area contributed by atoms with Crippen LogP contribution in [0.1, 0.15) is 37.5 Å². The molecule has 1 amide bonds. The second-order valence-corrected chi connectivity index (χ2v) is 8.80. The molecule has 5 nitrogen and oxygen atoms in total. The summed E-state index contributed by atoms with van der Waals surface area (Å²) >= 11 is 0. The summed E-state index contributed by atoms with van der Waals surface area (Å²) in [4.78, 5) is 12.5. The van der Waals surface area contributed by atoms with Crippen LogP contribution in [-0.2, 0) is 15.7 Å². The van der Waals surface area contributed by atoms with E-state index in [9.17, 15) is 36.4 Å². The van der Waals surface area contributed by atoms with Crippen molar-refractivity contribution in [3.8, 4) is 6.07 Å². The number of halogens is 6. The highest BCUT2D eigenvalue weighted by molar-refractivity contribution is 5.83. The molecule has 1 aliphatic heterocycles. The van der Waals surface area contributed by atoms with E-state index in [1.807, 2.05) is 0 Å². The number of carbonyl (C=O) groups is 1. The molecule has 0 saturated carbocycles. The minimum atomic E-state index is -5.28. The number of ether oxygens (including phenoxy) is 2. The van der Waals surface area contributed by atoms with E-state index in [-0.39, 0.29) is 16.9 Å². The van der Waals surface area contributed by atoms with Crippen molar-refractivity contribution in [2.45, 2.75) is 44.3 Å². The molecule has 11 heteroatoms. The third kappa shape index (κ3) is 5.48. The van der Waals surface area contributed by atoms with Gasteiger partial charge in [-0.2, -0.15) is 31.6 Å². The fourth-order valence-electron chi connectivity index (χ4n) is 3.39. The van der Waals surface area contributed by atoms with Crippen molar-refractivity contribution in [1.82, 2.24) is 5.32 Å². The van der Waals surface area contributed by atoms with Crippen LogP contribution in [0, 0.1) is 11.3 Å². The lowest BCUT2D eigenvalue weighted by atomic mass is 9.83. The van der Waals surface area contributed by atoms with Gasteiger partial charge in [0, 0.05) is 11.1 Å². The standard InChI is InChI=1S/C25H20F6N2O3/c1-22(2,3)36-21(34)33-23(25(29,30)31)13-19(15-7-5-4-6-8-15)35-20(18(23)14-32)16-9-11-17(12-10-16)24(26,27)28/h4-13H,1-3H3,(H,33,34). The molecule has 1 aliphatic rings. The molecule has 190 valence electrons. The minimum absolute atomic E-state index is 0.165. The zero-order chi connectivity index (χ0) is 26.9. The van der Waals surface area contributed by atoms with Crippen LogP contribution >= 0.6 is 0 Å². The highest BCUT2D eigenvalue weighted by Gasteiger charge is 2.61. The first-order valence-electron chi connectivity index (χ1n) is 10.4. The van der Waals surface area contributed by atoms with Gasteiger partial charge in [-0.15, -0.1) is 0 Å². The first-order chi connectivity index (χ1) is 16.6. The van der Waals surface area contributed by atoms with Crippen LogP contribution < -0.4 is 5.32 Å². The second kappa shape index (κ2) is 9.26. The molecule has 36 heavy (non-hydrogen) atoms. The lowest BCUT2D eigenvalue weighted by Crippen LogP contribution is -2.60. The van der Waals surface area contributed by atoms with E-state index in [2.05, 4.69) is 0 Å². The summed E-state index contributed by atoms with van der Waals surface area (Å²) in [6.45, 7) is 4.32. The molecule has 2 aromatic carbocycles. The van der Waals surface area contributed by atoms with Gasteiger partial charge in [-0.1, -0.05) is 42.5 Å². The molecule has 0 aromatic heterocycles. The van der Waals surface area contributed by atoms with Crippen molar-refractivity contribution in [3.05, 3.63) is 82.9 Å². The number of hydrogen-bond acceptors (Lipinski definition) is 4. The number of nitrogens with one attached hydrogen (secondary N) is 1. The summed E-state index contributed by atoms with van der Waals surface area (Å²) in [6.07, 6.45) is -10.9. The smallest absolute Gasteiger partial charge is 0.420 e. The Bertz CT molecular complexity index is 1230. The van der Waals surface area contributed by atoms with Crippen LogP contribution in [-0.4, -0.2) is 23.4 Å². The van der Waals surface area contributed by atoms with Gasteiger partial charge in [0.05, 0.1) is 5.56 Å². The number of rotatable bonds is 3. The fourth-order valence-corrected chi connectivity index (χ4v) is 3.39. The largest absolute Gasteiger partial charge is 0.455 e. The number of alkyl halides is 6. The Hall–Kier alpha value is -3.94. The molecule has 1 atom stereocenters. The molecule has 2 aromatic rings. The Morgan fingerprint density at radius 3 is 2.00 bits per heavy atom. The van der Waals surface area contributed by atoms with Crippen LogP contribution in [0.15, 0.2) is 66.2 Å². The number of nitrogens with zero attached hydrogens (tertiary/aromatic N) is 1. The van der Waals surface area contributed by atoms with Crippen LogP contribution in [0.25, 0.3) is 11.5 Å². The van der Waals surface area contributed by atoms with Gasteiger partial charge < -0.3 is 9.47 Å². The van der Waals surface area contributed by atoms with E-state index in [0.717, 1.165) is 12.1 Å². The Morgan fingerprint density at radius 1 is 0.944 bits per heavy atom. The average Bonchev–Trinajstić information content (AvgIpc) is 2.76. The highest BCUT2D eigenvalue weighted by Crippen LogP contribution is 2.47. The van der Waals surface area contributed by atoms with E-state index in [4.69, 9.17) is 9.47 Å². The maximum atomic E-state index is 14.7. The van der Waals surface area contributed by atoms with Gasteiger partial charge in [0.2, 0.25) is 5.54 Å². The van der Waals surface area contributed by atoms with Gasteiger partial charge in [0.1, 0.15) is 23.0 Å². The number of alkyl carbamates (subject to hydrolysis) is 1. The monoisotopic (exact) mass is 510 g/mol. The SMILES string of the molecule is CC(C)(C)OC(=O)NC1(C(F)(F)F)C=C(c2ccccc2)OC(c2ccc(C(F)(F)F)cc2)=C1C#N. The van der Waals surface area contributed by atoms with Crippen molar-refractivity contribution in [2.75, 3.05) is 0 Å². The van der Waals surface area contributed by atoms with Gasteiger partial charge in [-0.25, -0.2) is 4.79 Å². The van der Waals surface area contributed by atoms with E-state index in [1.165, 1.54) is 51.1 Å². The molecule has 1 N–H and O–H groups in total. The third-order valence-electron chi connectivity index (χ3n) is 4.97. The number of carbonyl (C=O) groups excluding carboxylic acids is 1. The van der Waals surface area contributed by atoms with Crippen molar-refractivity contribution in [3.63, 3.8) is 0 Å². The van der Waals surface area contributed by atoms with Gasteiger partial charge in [-0.05, 0) is 39.0 Å². The highest BCUT2D eigenvalue weighted by atomic mass is 19.4. The summed E-state index contributed by atoms with van der Waals surface area (Å²) in [5, 5.41) is 11.6. The molecule has 1 unspecified atom stereocenters. The molecule has 0 aliphatic carbocycles. The molecule has 0 spiro atoms. The normalized spacial score (nSPS) is 18.6. The van der Waals surface area contributed by atoms with Crippen molar-refractivity contribution < 1.29 is 40.6 Å². The summed E-state index contributed by atoms with van der Waals surface area (Å²) in [5.74, 6) is -1.04. The van der Waals surface area contributed by atoms with E-state index in [1.54, 1.807) is 11.4 Å². The zero-order valence-electron chi connectivity index (χ0n) is 19.2. The van der Waals surface area contributed by atoms with E-state index in [0.29, 0.717) is 18.2 Å². The quantitative estimate of drug-likeness (QED) is 0.459. The lowest BCUT2D eigenvalue weighted by Gasteiger charge is -2.38. The zero-order valence-corrected chi connectivity index (χ0v) is 19.2. The van der Waals surface area contributed by atoms with Crippen LogP contribution in [0.2, 0.25) is 0 Å². The molecular formula is C25H20F6N2O3. The fraction of sp³-hybridized carbons (Fsp3) is 0.280. The second-order valence-electron chi connectivity index (χ2n) is 8.80. The first-order valence-corrected chi connectivity index (χ1v) is 10.4. The van der Waals surface area contributed by atoms with Crippen molar-refractivity contribution >= 4 is 17.6 Å². The number of amides is 1. The summed E-state index contributed by atoms with van der Waals surface area (Å²) in [6, 6.07) is 12.0. The average molecular weight is 510 g/mol. The number of benzene rings is 2. The summed E-state index contributed by atoms with van der Waals surface area (Å²) in [5.41, 5.74) is -6.78. The minimum Gasteiger partial charge on any atom is -0.455 e. The molecule has 0 bridgehead atoms. The number of nitriles is 1. The maximum absolute atomic E-state index is 14.7. The molecule has 0 fully saturated rings. The Morgan fingerprint density at radius 2 is 1.53 bits per heavy atom. The summed E-state index contributed by atoms with van der Waals surface area (Å²) in [7, 11) is 0. The van der Waals surface area contributed by atoms with Crippen molar-refractivity contribution in [1.29, 1.82) is 5.26 Å². The van der Waals surface area contributed by atoms with Gasteiger partial charge >= 0.3 is 18.4 Å². The van der Waals surface area contributed by atoms with Gasteiger partial charge in [-0.3, -0.25) is 5.32 Å². The Balaban J connectivity index is 2.28. The molecule has 1 heterocycles. The van der Waals surface area contributed by atoms with Crippen LogP contribution in [0.4, 0.5) is 31.1 Å². The summed E-state index contributed by atoms with van der Waals surface area (Å²) < 4.78 is 93.9. The van der Waals surface area contributed by atoms with E-state index >= 15 is 0 Å². The maximum Gasteiger partial charge on any atom is 0.420 e. The predicted octanol–water partition coefficient (Wildman–Crippen LogP) is 6.84. The van der Waals surface area contributed by atoms with Crippen LogP contribution in [0.3, 0.4) is 0 Å². The molecule has 0 saturated heterocycles. The van der Waals surface area contributed by atoms with E-state index < -0.39 is 46.5 Å². The molecule has 3 rings (SSSR count). The number of hydrogen-bond donors (Lipinski definition) is 1. The van der Waals surface area contributed by atoms with Crippen LogP contribution in [0.5, 0.6) is 0 Å². The first kappa shape index (κ1) is 26.7. The lowest BCUT2D eigenvalue weighted by molar-refractivity contribution is -0.169. The molecular weight excluding hydrogens is 490 g/mol. The Kier molecular flexibility index (Phi) is 6.86. The topological polar surface area (TPSA) is 71.3 Å². The van der Waals surface area contributed by atoms with Gasteiger partial charge in [0.25, 0.3) is 0 Å². The third-order valence-corrected chi connectivity index (χ3v) is 4.97. The predicted molar refractivity (Wildman–Crippen MR) is 118 cm³/mol. The van der Waals surface area contributed by atoms with Gasteiger partial charge in [0.15, 0.2) is 5.76 Å².